The van der Waals surface area contributed by atoms with Crippen LogP contribution < -0.4 is 33.4 Å². The Morgan fingerprint density at radius 1 is 1.04 bits per heavy atom. The Morgan fingerprint density at radius 3 is 1.69 bits per heavy atom. The molecule has 0 aliphatic heterocycles. The summed E-state index contributed by atoms with van der Waals surface area (Å²) in [5.41, 5.74) is 20.5. The van der Waals surface area contributed by atoms with E-state index in [2.05, 4.69) is 72.5 Å². The minimum atomic E-state index is -1.06. The molecular formula is C12H26N8O3S3. The second kappa shape index (κ2) is 17.8. The number of methoxy groups -OCH3 is 2. The summed E-state index contributed by atoms with van der Waals surface area (Å²) in [5, 5.41) is 10.5. The Labute approximate surface area is 169 Å². The molecule has 0 heterocycles. The lowest BCUT2D eigenvalue weighted by Gasteiger charge is -2.17. The van der Waals surface area contributed by atoms with Crippen molar-refractivity contribution in [3.8, 4) is 0 Å². The van der Waals surface area contributed by atoms with E-state index >= 15 is 0 Å². The number of hydrogen-bond donors (Lipinski definition) is 6. The number of carbonyl (C=O) groups is 1. The number of hydrogen-bond acceptors (Lipinski definition) is 8. The average Bonchev–Trinajstić information content (AvgIpc) is 2.60. The number of ether oxygens (including phenoxy) is 2. The molecule has 26 heavy (non-hydrogen) atoms. The van der Waals surface area contributed by atoms with Gasteiger partial charge in [-0.3, -0.25) is 15.6 Å². The summed E-state index contributed by atoms with van der Waals surface area (Å²) in [4.78, 5) is 10.0. The summed E-state index contributed by atoms with van der Waals surface area (Å²) >= 11 is 13.4. The molecule has 0 aromatic rings. The average molecular weight is 427 g/mol. The van der Waals surface area contributed by atoms with Gasteiger partial charge in [0, 0.05) is 21.3 Å². The highest BCUT2D eigenvalue weighted by molar-refractivity contribution is 7.80. The largest absolute Gasteiger partial charge is 0.376 e. The third-order valence-corrected chi connectivity index (χ3v) is 2.43. The first-order valence-electron chi connectivity index (χ1n) is 6.70. The molecule has 0 aromatic carbocycles. The Bertz CT molecular complexity index is 510. The highest BCUT2D eigenvalue weighted by atomic mass is 32.1. The van der Waals surface area contributed by atoms with Crippen LogP contribution in [0.15, 0.2) is 10.2 Å². The standard InChI is InChI=1S/C5H10N6S2.C5H10O3.C2H6N2S/c1-3(9-11-5(7)13)2-8-10-4(6)12;1-5(4-6,7-2)8-3;1-4-2(3)5/h2H,1H3,(H3,6,10,12)(H3,7,11,13);4H,1-3H3;1H3,(H3,3,4,5)/b8-2+,9-3+;;. The molecule has 0 saturated carbocycles. The van der Waals surface area contributed by atoms with Gasteiger partial charge in [-0.15, -0.1) is 0 Å². The summed E-state index contributed by atoms with van der Waals surface area (Å²) in [6.45, 7) is 3.25. The van der Waals surface area contributed by atoms with Crippen molar-refractivity contribution in [2.24, 2.45) is 27.4 Å². The maximum absolute atomic E-state index is 10.0. The van der Waals surface area contributed by atoms with Crippen molar-refractivity contribution in [3.05, 3.63) is 0 Å². The first-order chi connectivity index (χ1) is 12.0. The van der Waals surface area contributed by atoms with E-state index in [1.54, 1.807) is 20.9 Å². The van der Waals surface area contributed by atoms with Crippen LogP contribution in [0.5, 0.6) is 0 Å². The molecule has 0 aromatic heterocycles. The molecule has 14 heteroatoms. The van der Waals surface area contributed by atoms with Crippen molar-refractivity contribution < 1.29 is 14.3 Å². The van der Waals surface area contributed by atoms with Gasteiger partial charge in [-0.05, 0) is 50.5 Å². The number of thiocarbonyl (C=S) groups is 3. The minimum Gasteiger partial charge on any atom is -0.376 e. The van der Waals surface area contributed by atoms with E-state index in [0.29, 0.717) is 17.1 Å². The maximum Gasteiger partial charge on any atom is 0.222 e. The van der Waals surface area contributed by atoms with Gasteiger partial charge in [-0.25, -0.2) is 0 Å². The zero-order chi connectivity index (χ0) is 21.2. The zero-order valence-corrected chi connectivity index (χ0v) is 17.7. The first kappa shape index (κ1) is 28.8. The third-order valence-electron chi connectivity index (χ3n) is 2.04. The zero-order valence-electron chi connectivity index (χ0n) is 15.2. The van der Waals surface area contributed by atoms with Crippen molar-refractivity contribution in [1.82, 2.24) is 16.2 Å². The molecule has 0 saturated heterocycles. The van der Waals surface area contributed by atoms with Crippen LogP contribution >= 0.6 is 36.7 Å². The molecule has 0 radical (unpaired) electrons. The van der Waals surface area contributed by atoms with Gasteiger partial charge < -0.3 is 32.0 Å². The monoisotopic (exact) mass is 426 g/mol. The van der Waals surface area contributed by atoms with Crippen LogP contribution in [0.3, 0.4) is 0 Å². The fourth-order valence-corrected chi connectivity index (χ4v) is 0.639. The lowest BCUT2D eigenvalue weighted by atomic mass is 10.4. The van der Waals surface area contributed by atoms with Crippen molar-refractivity contribution in [2.45, 2.75) is 19.6 Å². The molecule has 0 spiro atoms. The second-order valence-electron chi connectivity index (χ2n) is 4.12. The van der Waals surface area contributed by atoms with Crippen LogP contribution in [0.2, 0.25) is 0 Å². The predicted octanol–water partition coefficient (Wildman–Crippen LogP) is -1.34. The Kier molecular flexibility index (Phi) is 19.7. The lowest BCUT2D eigenvalue weighted by Crippen LogP contribution is -2.30. The molecule has 0 aliphatic rings. The Morgan fingerprint density at radius 2 is 1.46 bits per heavy atom. The lowest BCUT2D eigenvalue weighted by molar-refractivity contribution is -0.186. The van der Waals surface area contributed by atoms with Crippen molar-refractivity contribution in [2.75, 3.05) is 21.3 Å². The van der Waals surface area contributed by atoms with E-state index in [-0.39, 0.29) is 10.2 Å². The van der Waals surface area contributed by atoms with E-state index in [1.165, 1.54) is 20.4 Å². The smallest absolute Gasteiger partial charge is 0.222 e. The fraction of sp³-hybridized carbons (Fsp3) is 0.500. The number of hydrazone groups is 2. The molecule has 9 N–H and O–H groups in total. The molecule has 150 valence electrons. The van der Waals surface area contributed by atoms with Gasteiger partial charge in [0.25, 0.3) is 0 Å². The number of rotatable bonds is 6. The van der Waals surface area contributed by atoms with Gasteiger partial charge in [0.15, 0.2) is 21.6 Å². The van der Waals surface area contributed by atoms with E-state index in [0.717, 1.165) is 0 Å². The molecule has 0 amide bonds. The van der Waals surface area contributed by atoms with Crippen LogP contribution in [-0.4, -0.2) is 60.6 Å². The van der Waals surface area contributed by atoms with Gasteiger partial charge >= 0.3 is 0 Å². The van der Waals surface area contributed by atoms with Crippen LogP contribution in [-0.2, 0) is 14.3 Å². The maximum atomic E-state index is 10.0. The number of nitrogens with two attached hydrogens (primary N) is 3. The topological polar surface area (TPSA) is 174 Å². The van der Waals surface area contributed by atoms with Gasteiger partial charge in [-0.1, -0.05) is 0 Å². The summed E-state index contributed by atoms with van der Waals surface area (Å²) in [7, 11) is 4.51. The third kappa shape index (κ3) is 24.3. The SMILES string of the molecule is CC(/C=N/NC(N)=S)=N\NC(N)=S.CNC(N)=S.COC(C)(C=O)OC. The van der Waals surface area contributed by atoms with E-state index in [9.17, 15) is 4.79 Å². The molecule has 11 nitrogen and oxygen atoms in total. The highest BCUT2D eigenvalue weighted by Crippen LogP contribution is 2.03. The Hall–Kier alpha value is -2.00. The van der Waals surface area contributed by atoms with Crippen molar-refractivity contribution in [3.63, 3.8) is 0 Å². The van der Waals surface area contributed by atoms with E-state index in [1.807, 2.05) is 0 Å². The second-order valence-corrected chi connectivity index (χ2v) is 5.44. The first-order valence-corrected chi connectivity index (χ1v) is 7.92. The van der Waals surface area contributed by atoms with Crippen molar-refractivity contribution >= 4 is 70.2 Å². The molecule has 0 fully saturated rings. The molecule has 0 rings (SSSR count). The number of aldehydes is 1. The summed E-state index contributed by atoms with van der Waals surface area (Å²) in [6.07, 6.45) is 2.03. The highest BCUT2D eigenvalue weighted by Gasteiger charge is 2.20. The summed E-state index contributed by atoms with van der Waals surface area (Å²) in [5.74, 6) is -1.06. The van der Waals surface area contributed by atoms with Gasteiger partial charge in [0.05, 0.1) is 11.9 Å². The number of nitrogens with zero attached hydrogens (tertiary/aromatic N) is 2. The number of carbonyl (C=O) groups excluding carboxylic acids is 1. The van der Waals surface area contributed by atoms with Gasteiger partial charge in [0.2, 0.25) is 5.79 Å². The minimum absolute atomic E-state index is 0.0892. The Balaban J connectivity index is -0.000000346. The fourth-order valence-electron chi connectivity index (χ4n) is 0.541. The predicted molar refractivity (Wildman–Crippen MR) is 116 cm³/mol. The van der Waals surface area contributed by atoms with Crippen LogP contribution in [0.25, 0.3) is 0 Å². The van der Waals surface area contributed by atoms with Gasteiger partial charge in [-0.2, -0.15) is 10.2 Å². The van der Waals surface area contributed by atoms with Crippen LogP contribution in [0, 0.1) is 0 Å². The quantitative estimate of drug-likeness (QED) is 0.0970. The molecule has 0 aliphatic carbocycles. The normalized spacial score (nSPS) is 10.4. The van der Waals surface area contributed by atoms with E-state index < -0.39 is 5.79 Å². The summed E-state index contributed by atoms with van der Waals surface area (Å²) < 4.78 is 9.29. The molecule has 0 bridgehead atoms. The molecular weight excluding hydrogens is 400 g/mol. The van der Waals surface area contributed by atoms with Crippen LogP contribution in [0.4, 0.5) is 0 Å². The van der Waals surface area contributed by atoms with Crippen LogP contribution in [0.1, 0.15) is 13.8 Å². The number of nitrogens with one attached hydrogen (secondary N) is 3. The summed E-state index contributed by atoms with van der Waals surface area (Å²) in [6, 6.07) is 0. The van der Waals surface area contributed by atoms with Crippen molar-refractivity contribution in [1.29, 1.82) is 0 Å². The van der Waals surface area contributed by atoms with E-state index in [4.69, 9.17) is 17.2 Å². The molecule has 0 unspecified atom stereocenters. The van der Waals surface area contributed by atoms with Gasteiger partial charge in [0.1, 0.15) is 0 Å². The molecule has 0 atom stereocenters.